The summed E-state index contributed by atoms with van der Waals surface area (Å²) in [5, 5.41) is 5.60. The highest BCUT2D eigenvalue weighted by Gasteiger charge is 2.20. The highest BCUT2D eigenvalue weighted by Crippen LogP contribution is 2.39. The molecule has 0 atom stereocenters. The Hall–Kier alpha value is -1.83. The number of aryl methyl sites for hydroxylation is 2. The molecule has 4 rings (SSSR count). The molecule has 1 aliphatic carbocycles. The summed E-state index contributed by atoms with van der Waals surface area (Å²) in [6.07, 6.45) is 6.26. The second kappa shape index (κ2) is 8.68. The molecule has 0 fully saturated rings. The molecule has 146 valence electrons. The van der Waals surface area contributed by atoms with E-state index in [1.807, 2.05) is 0 Å². The van der Waals surface area contributed by atoms with Crippen LogP contribution in [0.2, 0.25) is 5.02 Å². The number of aromatic nitrogens is 2. The van der Waals surface area contributed by atoms with Crippen molar-refractivity contribution in [2.75, 3.05) is 12.9 Å². The van der Waals surface area contributed by atoms with Gasteiger partial charge in [-0.3, -0.25) is 4.79 Å². The van der Waals surface area contributed by atoms with Crippen molar-refractivity contribution in [1.29, 1.82) is 0 Å². The molecule has 2 heterocycles. The van der Waals surface area contributed by atoms with E-state index in [-0.39, 0.29) is 5.91 Å². The summed E-state index contributed by atoms with van der Waals surface area (Å²) in [7, 11) is 1.60. The maximum atomic E-state index is 12.4. The van der Waals surface area contributed by atoms with Gasteiger partial charge in [-0.05, 0) is 49.4 Å². The second-order valence-electron chi connectivity index (χ2n) is 6.59. The molecule has 0 unspecified atom stereocenters. The van der Waals surface area contributed by atoms with Crippen LogP contribution in [0.1, 0.15) is 28.8 Å². The van der Waals surface area contributed by atoms with Crippen molar-refractivity contribution in [3.8, 4) is 5.75 Å². The summed E-state index contributed by atoms with van der Waals surface area (Å²) in [5.41, 5.74) is 2.24. The first kappa shape index (κ1) is 19.5. The zero-order valence-electron chi connectivity index (χ0n) is 15.5. The molecule has 3 aromatic rings. The molecule has 28 heavy (non-hydrogen) atoms. The number of methoxy groups -OCH3 is 1. The molecule has 5 nitrogen and oxygen atoms in total. The van der Waals surface area contributed by atoms with E-state index in [1.165, 1.54) is 35.0 Å². The van der Waals surface area contributed by atoms with Crippen LogP contribution in [0.25, 0.3) is 10.2 Å². The minimum absolute atomic E-state index is 0.0529. The summed E-state index contributed by atoms with van der Waals surface area (Å²) < 4.78 is 5.32. The molecule has 0 radical (unpaired) electrons. The van der Waals surface area contributed by atoms with E-state index in [1.54, 1.807) is 43.0 Å². The number of ether oxygens (including phenoxy) is 1. The number of thioether (sulfide) groups is 1. The predicted molar refractivity (Wildman–Crippen MR) is 115 cm³/mol. The van der Waals surface area contributed by atoms with Gasteiger partial charge in [-0.1, -0.05) is 23.4 Å². The average Bonchev–Trinajstić information content (AvgIpc) is 3.10. The quantitative estimate of drug-likeness (QED) is 0.453. The number of carbonyl (C=O) groups is 1. The van der Waals surface area contributed by atoms with Crippen LogP contribution in [0, 0.1) is 0 Å². The Labute approximate surface area is 176 Å². The molecule has 0 bridgehead atoms. The van der Waals surface area contributed by atoms with E-state index in [0.29, 0.717) is 23.1 Å². The summed E-state index contributed by atoms with van der Waals surface area (Å²) in [5.74, 6) is 0.960. The Morgan fingerprint density at radius 3 is 3.04 bits per heavy atom. The number of benzene rings is 1. The highest BCUT2D eigenvalue weighted by molar-refractivity contribution is 8.00. The number of fused-ring (bicyclic) bond motifs is 3. The fourth-order valence-electron chi connectivity index (χ4n) is 3.43. The molecule has 1 amide bonds. The number of halogens is 1. The van der Waals surface area contributed by atoms with Crippen LogP contribution < -0.4 is 10.1 Å². The number of thiophene rings is 1. The lowest BCUT2D eigenvalue weighted by Crippen LogP contribution is -2.24. The first-order valence-corrected chi connectivity index (χ1v) is 11.3. The van der Waals surface area contributed by atoms with Gasteiger partial charge in [-0.25, -0.2) is 9.97 Å². The molecule has 2 aromatic heterocycles. The summed E-state index contributed by atoms with van der Waals surface area (Å²) in [6, 6.07) is 5.37. The average molecular weight is 434 g/mol. The van der Waals surface area contributed by atoms with Crippen LogP contribution in [0.3, 0.4) is 0 Å². The topological polar surface area (TPSA) is 64.1 Å². The third-order valence-electron chi connectivity index (χ3n) is 4.78. The van der Waals surface area contributed by atoms with Gasteiger partial charge in [0.25, 0.3) is 0 Å². The summed E-state index contributed by atoms with van der Waals surface area (Å²) in [4.78, 5) is 23.8. The van der Waals surface area contributed by atoms with Gasteiger partial charge in [0.05, 0.1) is 12.9 Å². The smallest absolute Gasteiger partial charge is 0.230 e. The lowest BCUT2D eigenvalue weighted by molar-refractivity contribution is -0.118. The second-order valence-corrected chi connectivity index (χ2v) is 9.08. The Kier molecular flexibility index (Phi) is 6.04. The highest BCUT2D eigenvalue weighted by atomic mass is 35.5. The van der Waals surface area contributed by atoms with Gasteiger partial charge in [0, 0.05) is 27.4 Å². The van der Waals surface area contributed by atoms with Crippen LogP contribution >= 0.6 is 34.7 Å². The Bertz CT molecular complexity index is 1020. The first-order chi connectivity index (χ1) is 13.7. The third-order valence-corrected chi connectivity index (χ3v) is 7.20. The van der Waals surface area contributed by atoms with Gasteiger partial charge >= 0.3 is 0 Å². The van der Waals surface area contributed by atoms with Crippen molar-refractivity contribution in [2.24, 2.45) is 0 Å². The normalized spacial score (nSPS) is 13.4. The maximum Gasteiger partial charge on any atom is 0.230 e. The molecular formula is C20H20ClN3O2S2. The third kappa shape index (κ3) is 4.11. The van der Waals surface area contributed by atoms with Gasteiger partial charge in [0.1, 0.15) is 21.9 Å². The fourth-order valence-corrected chi connectivity index (χ4v) is 5.78. The molecule has 1 aliphatic rings. The van der Waals surface area contributed by atoms with Crippen molar-refractivity contribution in [1.82, 2.24) is 15.3 Å². The van der Waals surface area contributed by atoms with Crippen LogP contribution in [0.4, 0.5) is 0 Å². The molecule has 0 saturated heterocycles. The van der Waals surface area contributed by atoms with Gasteiger partial charge < -0.3 is 10.1 Å². The van der Waals surface area contributed by atoms with E-state index in [4.69, 9.17) is 16.3 Å². The lowest BCUT2D eigenvalue weighted by Gasteiger charge is -2.12. The van der Waals surface area contributed by atoms with E-state index in [0.717, 1.165) is 33.6 Å². The van der Waals surface area contributed by atoms with E-state index >= 15 is 0 Å². The Morgan fingerprint density at radius 2 is 2.18 bits per heavy atom. The minimum Gasteiger partial charge on any atom is -0.496 e. The monoisotopic (exact) mass is 433 g/mol. The number of hydrogen-bond donors (Lipinski definition) is 1. The maximum absolute atomic E-state index is 12.4. The number of nitrogens with zero attached hydrogens (tertiary/aromatic N) is 2. The predicted octanol–water partition coefficient (Wildman–Crippen LogP) is 4.64. The van der Waals surface area contributed by atoms with Gasteiger partial charge in [0.15, 0.2) is 0 Å². The SMILES string of the molecule is COc1ccc(Cl)cc1CNC(=O)CSc1ncnc2sc3c(c12)CCCC3. The summed E-state index contributed by atoms with van der Waals surface area (Å²) in [6.45, 7) is 0.371. The largest absolute Gasteiger partial charge is 0.496 e. The molecule has 0 aliphatic heterocycles. The van der Waals surface area contributed by atoms with Crippen molar-refractivity contribution < 1.29 is 9.53 Å². The zero-order chi connectivity index (χ0) is 19.5. The van der Waals surface area contributed by atoms with Crippen molar-refractivity contribution in [3.63, 3.8) is 0 Å². The first-order valence-electron chi connectivity index (χ1n) is 9.13. The number of amides is 1. The van der Waals surface area contributed by atoms with E-state index < -0.39 is 0 Å². The summed E-state index contributed by atoms with van der Waals surface area (Å²) >= 11 is 9.29. The molecule has 8 heteroatoms. The molecular weight excluding hydrogens is 414 g/mol. The Balaban J connectivity index is 1.43. The number of rotatable bonds is 6. The van der Waals surface area contributed by atoms with Crippen LogP contribution in [-0.4, -0.2) is 28.7 Å². The van der Waals surface area contributed by atoms with E-state index in [2.05, 4.69) is 15.3 Å². The molecule has 1 aromatic carbocycles. The van der Waals surface area contributed by atoms with Crippen LogP contribution in [-0.2, 0) is 24.2 Å². The molecule has 0 spiro atoms. The Morgan fingerprint density at radius 1 is 1.32 bits per heavy atom. The van der Waals surface area contributed by atoms with Crippen molar-refractivity contribution in [2.45, 2.75) is 37.3 Å². The van der Waals surface area contributed by atoms with Crippen LogP contribution in [0.5, 0.6) is 5.75 Å². The molecule has 1 N–H and O–H groups in total. The molecule has 0 saturated carbocycles. The van der Waals surface area contributed by atoms with Crippen LogP contribution in [0.15, 0.2) is 29.6 Å². The van der Waals surface area contributed by atoms with Gasteiger partial charge in [0.2, 0.25) is 5.91 Å². The number of hydrogen-bond acceptors (Lipinski definition) is 6. The zero-order valence-corrected chi connectivity index (χ0v) is 17.8. The van der Waals surface area contributed by atoms with Gasteiger partial charge in [-0.15, -0.1) is 11.3 Å². The van der Waals surface area contributed by atoms with Gasteiger partial charge in [-0.2, -0.15) is 0 Å². The van der Waals surface area contributed by atoms with Crippen molar-refractivity contribution >= 4 is 50.8 Å². The lowest BCUT2D eigenvalue weighted by atomic mass is 9.97. The van der Waals surface area contributed by atoms with E-state index in [9.17, 15) is 4.79 Å². The minimum atomic E-state index is -0.0529. The standard InChI is InChI=1S/C20H20ClN3O2S2/c1-26-15-7-6-13(21)8-12(15)9-22-17(25)10-27-19-18-14-4-2-3-5-16(14)28-20(18)24-11-23-19/h6-8,11H,2-5,9-10H2,1H3,(H,22,25). The fraction of sp³-hybridized carbons (Fsp3) is 0.350. The number of carbonyl (C=O) groups excluding carboxylic acids is 1. The van der Waals surface area contributed by atoms with Crippen molar-refractivity contribution in [3.05, 3.63) is 45.6 Å². The number of nitrogens with one attached hydrogen (secondary N) is 1.